The smallest absolute Gasteiger partial charge is 0.234 e. The normalized spacial score (nSPS) is 27.4. The van der Waals surface area contributed by atoms with Crippen LogP contribution in [0.25, 0.3) is 0 Å². The Balaban J connectivity index is 1.73. The first-order valence-corrected chi connectivity index (χ1v) is 8.48. The van der Waals surface area contributed by atoms with Gasteiger partial charge >= 0.3 is 0 Å². The summed E-state index contributed by atoms with van der Waals surface area (Å²) in [5, 5.41) is 0. The van der Waals surface area contributed by atoms with Gasteiger partial charge < -0.3 is 11.5 Å². The molecule has 2 aliphatic rings. The topological polar surface area (TPSA) is 72.4 Å². The number of carbonyl (C=O) groups is 1. The molecule has 1 heterocycles. The molecule has 0 radical (unpaired) electrons. The second-order valence-corrected chi connectivity index (χ2v) is 6.89. The van der Waals surface area contributed by atoms with Crippen molar-refractivity contribution in [3.63, 3.8) is 0 Å². The van der Waals surface area contributed by atoms with Crippen molar-refractivity contribution < 1.29 is 18.0 Å². The van der Waals surface area contributed by atoms with Crippen molar-refractivity contribution in [2.24, 2.45) is 11.5 Å². The van der Waals surface area contributed by atoms with Crippen molar-refractivity contribution in [1.29, 1.82) is 0 Å². The molecule has 1 aliphatic carbocycles. The van der Waals surface area contributed by atoms with Gasteiger partial charge in [0.05, 0.1) is 6.04 Å². The standard InChI is InChI=1S/C18H22F3N3O/c19-13-8-15(21)14(20)7-12(13)11-4-3-10(6-16(11)22)9-24-5-1-2-17(24)18(23)25/h3,7-8,11,16-17H,1-2,4-6,9,22H2,(H2,23,25)/t11-,16+,17+/m1/s1. The molecule has 1 fully saturated rings. The Kier molecular flexibility index (Phi) is 5.15. The lowest BCUT2D eigenvalue weighted by atomic mass is 9.80. The molecule has 136 valence electrons. The average molecular weight is 353 g/mol. The number of carbonyl (C=O) groups excluding carboxylic acids is 1. The van der Waals surface area contributed by atoms with Gasteiger partial charge in [0.2, 0.25) is 5.91 Å². The van der Waals surface area contributed by atoms with Crippen molar-refractivity contribution in [2.75, 3.05) is 13.1 Å². The van der Waals surface area contributed by atoms with Crippen molar-refractivity contribution in [3.8, 4) is 0 Å². The third kappa shape index (κ3) is 3.72. The zero-order chi connectivity index (χ0) is 18.1. The number of nitrogens with two attached hydrogens (primary N) is 2. The summed E-state index contributed by atoms with van der Waals surface area (Å²) in [5.41, 5.74) is 12.8. The second-order valence-electron chi connectivity index (χ2n) is 6.89. The molecule has 4 nitrogen and oxygen atoms in total. The Morgan fingerprint density at radius 3 is 2.60 bits per heavy atom. The number of halogens is 3. The van der Waals surface area contributed by atoms with Crippen molar-refractivity contribution in [2.45, 2.75) is 43.7 Å². The number of allylic oxidation sites excluding steroid dienone is 1. The van der Waals surface area contributed by atoms with Gasteiger partial charge in [-0.2, -0.15) is 0 Å². The first kappa shape index (κ1) is 17.9. The van der Waals surface area contributed by atoms with Crippen molar-refractivity contribution in [1.82, 2.24) is 4.90 Å². The molecule has 1 aromatic rings. The minimum absolute atomic E-state index is 0.109. The van der Waals surface area contributed by atoms with Crippen LogP contribution in [0.2, 0.25) is 0 Å². The zero-order valence-electron chi connectivity index (χ0n) is 13.9. The molecule has 3 atom stereocenters. The molecular formula is C18H22F3N3O. The van der Waals surface area contributed by atoms with E-state index in [2.05, 4.69) is 0 Å². The molecule has 1 amide bonds. The lowest BCUT2D eigenvalue weighted by Crippen LogP contribution is -2.42. The summed E-state index contributed by atoms with van der Waals surface area (Å²) in [5.74, 6) is -3.76. The Morgan fingerprint density at radius 2 is 1.92 bits per heavy atom. The molecule has 1 saturated heterocycles. The molecule has 1 aliphatic heterocycles. The number of benzene rings is 1. The molecule has 0 unspecified atom stereocenters. The maximum atomic E-state index is 14.0. The van der Waals surface area contributed by atoms with E-state index in [4.69, 9.17) is 11.5 Å². The van der Waals surface area contributed by atoms with E-state index in [0.717, 1.165) is 31.0 Å². The van der Waals surface area contributed by atoms with E-state index in [1.807, 2.05) is 11.0 Å². The zero-order valence-corrected chi connectivity index (χ0v) is 13.9. The fraction of sp³-hybridized carbons (Fsp3) is 0.500. The molecule has 3 rings (SSSR count). The van der Waals surface area contributed by atoms with Gasteiger partial charge in [0, 0.05) is 24.6 Å². The van der Waals surface area contributed by atoms with Crippen LogP contribution < -0.4 is 11.5 Å². The number of hydrogen-bond acceptors (Lipinski definition) is 3. The summed E-state index contributed by atoms with van der Waals surface area (Å²) >= 11 is 0. The minimum atomic E-state index is -1.20. The molecule has 0 aromatic heterocycles. The first-order chi connectivity index (χ1) is 11.9. The Labute approximate surface area is 144 Å². The fourth-order valence-corrected chi connectivity index (χ4v) is 3.90. The molecule has 25 heavy (non-hydrogen) atoms. The van der Waals surface area contributed by atoms with E-state index < -0.39 is 29.4 Å². The number of primary amides is 1. The van der Waals surface area contributed by atoms with Gasteiger partial charge in [-0.15, -0.1) is 0 Å². The maximum Gasteiger partial charge on any atom is 0.234 e. The highest BCUT2D eigenvalue weighted by atomic mass is 19.2. The summed E-state index contributed by atoms with van der Waals surface area (Å²) in [4.78, 5) is 13.5. The van der Waals surface area contributed by atoms with Gasteiger partial charge in [0.25, 0.3) is 0 Å². The third-order valence-electron chi connectivity index (χ3n) is 5.21. The highest BCUT2D eigenvalue weighted by molar-refractivity contribution is 5.80. The highest BCUT2D eigenvalue weighted by Crippen LogP contribution is 2.34. The van der Waals surface area contributed by atoms with Crippen LogP contribution in [0.4, 0.5) is 13.2 Å². The second kappa shape index (κ2) is 7.17. The number of rotatable bonds is 4. The molecule has 0 saturated carbocycles. The van der Waals surface area contributed by atoms with Crippen LogP contribution in [0.5, 0.6) is 0 Å². The van der Waals surface area contributed by atoms with Crippen LogP contribution >= 0.6 is 0 Å². The number of amides is 1. The van der Waals surface area contributed by atoms with E-state index in [1.54, 1.807) is 0 Å². The van der Waals surface area contributed by atoms with Gasteiger partial charge in [0.15, 0.2) is 11.6 Å². The van der Waals surface area contributed by atoms with Crippen LogP contribution in [0.1, 0.15) is 37.2 Å². The van der Waals surface area contributed by atoms with E-state index in [-0.39, 0.29) is 17.5 Å². The Hall–Kier alpha value is -1.86. The van der Waals surface area contributed by atoms with Gasteiger partial charge in [-0.25, -0.2) is 13.2 Å². The third-order valence-corrected chi connectivity index (χ3v) is 5.21. The van der Waals surface area contributed by atoms with Crippen LogP contribution in [0, 0.1) is 17.5 Å². The van der Waals surface area contributed by atoms with Gasteiger partial charge in [-0.05, 0) is 43.9 Å². The fourth-order valence-electron chi connectivity index (χ4n) is 3.90. The highest BCUT2D eigenvalue weighted by Gasteiger charge is 2.32. The first-order valence-electron chi connectivity index (χ1n) is 8.48. The molecule has 0 bridgehead atoms. The number of nitrogens with zero attached hydrogens (tertiary/aromatic N) is 1. The average Bonchev–Trinajstić information content (AvgIpc) is 3.00. The monoisotopic (exact) mass is 353 g/mol. The van der Waals surface area contributed by atoms with Gasteiger partial charge in [-0.3, -0.25) is 9.69 Å². The van der Waals surface area contributed by atoms with Gasteiger partial charge in [0.1, 0.15) is 5.82 Å². The van der Waals surface area contributed by atoms with Crippen LogP contribution in [-0.2, 0) is 4.79 Å². The number of likely N-dealkylation sites (tertiary alicyclic amines) is 1. The number of hydrogen-bond donors (Lipinski definition) is 2. The lowest BCUT2D eigenvalue weighted by molar-refractivity contribution is -0.122. The van der Waals surface area contributed by atoms with E-state index >= 15 is 0 Å². The summed E-state index contributed by atoms with van der Waals surface area (Å²) in [6.45, 7) is 1.41. The van der Waals surface area contributed by atoms with Gasteiger partial charge in [-0.1, -0.05) is 11.6 Å². The Bertz CT molecular complexity index is 707. The summed E-state index contributed by atoms with van der Waals surface area (Å²) in [6.07, 6.45) is 4.62. The predicted molar refractivity (Wildman–Crippen MR) is 88.1 cm³/mol. The molecular weight excluding hydrogens is 331 g/mol. The SMILES string of the molecule is NC(=O)[C@@H]1CCCN1CC1=CC[C@H](c2cc(F)c(F)cc2F)[C@@H](N)C1. The maximum absolute atomic E-state index is 14.0. The summed E-state index contributed by atoms with van der Waals surface area (Å²) < 4.78 is 40.6. The van der Waals surface area contributed by atoms with Crippen LogP contribution in [-0.4, -0.2) is 36.0 Å². The molecule has 7 heteroatoms. The van der Waals surface area contributed by atoms with Crippen LogP contribution in [0.3, 0.4) is 0 Å². The quantitative estimate of drug-likeness (QED) is 0.644. The van der Waals surface area contributed by atoms with Crippen molar-refractivity contribution in [3.05, 3.63) is 46.8 Å². The Morgan fingerprint density at radius 1 is 1.20 bits per heavy atom. The van der Waals surface area contributed by atoms with E-state index in [9.17, 15) is 18.0 Å². The summed E-state index contributed by atoms with van der Waals surface area (Å²) in [6, 6.07) is 0.822. The predicted octanol–water partition coefficient (Wildman–Crippen LogP) is 2.18. The molecule has 0 spiro atoms. The summed E-state index contributed by atoms with van der Waals surface area (Å²) in [7, 11) is 0. The lowest BCUT2D eigenvalue weighted by Gasteiger charge is -2.32. The van der Waals surface area contributed by atoms with E-state index in [1.165, 1.54) is 0 Å². The minimum Gasteiger partial charge on any atom is -0.368 e. The molecule has 4 N–H and O–H groups in total. The van der Waals surface area contributed by atoms with Crippen LogP contribution in [0.15, 0.2) is 23.8 Å². The van der Waals surface area contributed by atoms with E-state index in [0.29, 0.717) is 25.5 Å². The largest absolute Gasteiger partial charge is 0.368 e. The molecule has 1 aromatic carbocycles. The van der Waals surface area contributed by atoms with Crippen molar-refractivity contribution >= 4 is 5.91 Å².